The van der Waals surface area contributed by atoms with Crippen molar-refractivity contribution in [2.75, 3.05) is 26.2 Å². The van der Waals surface area contributed by atoms with Gasteiger partial charge in [0.05, 0.1) is 0 Å². The average molecular weight is 238 g/mol. The Bertz CT molecular complexity index is 199. The lowest BCUT2D eigenvalue weighted by molar-refractivity contribution is 0.227. The average Bonchev–Trinajstić information content (AvgIpc) is 2.62. The molecular formula is C15H30N2. The molecule has 0 aromatic carbocycles. The molecule has 0 spiro atoms. The second-order valence-corrected chi connectivity index (χ2v) is 6.01. The standard InChI is InChI=1S/C15H30N2/c1-2-15-13-17(11-6-10-16-15)12-9-14-7-4-3-5-8-14/h14-16H,2-13H2,1H3. The maximum atomic E-state index is 3.66. The molecule has 1 aliphatic heterocycles. The fourth-order valence-electron chi connectivity index (χ4n) is 3.39. The Morgan fingerprint density at radius 1 is 1.12 bits per heavy atom. The van der Waals surface area contributed by atoms with Gasteiger partial charge in [-0.1, -0.05) is 39.0 Å². The first-order valence-corrected chi connectivity index (χ1v) is 7.84. The highest BCUT2D eigenvalue weighted by Crippen LogP contribution is 2.26. The maximum absolute atomic E-state index is 3.66. The van der Waals surface area contributed by atoms with Crippen LogP contribution in [0.15, 0.2) is 0 Å². The lowest BCUT2D eigenvalue weighted by Crippen LogP contribution is -2.38. The van der Waals surface area contributed by atoms with Crippen molar-refractivity contribution in [1.82, 2.24) is 10.2 Å². The molecular weight excluding hydrogens is 208 g/mol. The highest BCUT2D eigenvalue weighted by Gasteiger charge is 2.18. The molecule has 2 nitrogen and oxygen atoms in total. The van der Waals surface area contributed by atoms with E-state index in [2.05, 4.69) is 17.1 Å². The van der Waals surface area contributed by atoms with Crippen LogP contribution in [0, 0.1) is 5.92 Å². The zero-order valence-corrected chi connectivity index (χ0v) is 11.6. The van der Waals surface area contributed by atoms with E-state index in [0.717, 1.165) is 12.0 Å². The Morgan fingerprint density at radius 3 is 2.71 bits per heavy atom. The van der Waals surface area contributed by atoms with Crippen LogP contribution in [0.5, 0.6) is 0 Å². The summed E-state index contributed by atoms with van der Waals surface area (Å²) in [5, 5.41) is 3.66. The zero-order chi connectivity index (χ0) is 11.9. The van der Waals surface area contributed by atoms with E-state index in [-0.39, 0.29) is 0 Å². The number of hydrogen-bond acceptors (Lipinski definition) is 2. The summed E-state index contributed by atoms with van der Waals surface area (Å²) in [4.78, 5) is 2.71. The van der Waals surface area contributed by atoms with Gasteiger partial charge in [0.1, 0.15) is 0 Å². The number of hydrogen-bond donors (Lipinski definition) is 1. The van der Waals surface area contributed by atoms with E-state index in [4.69, 9.17) is 0 Å². The van der Waals surface area contributed by atoms with E-state index in [0.29, 0.717) is 0 Å². The lowest BCUT2D eigenvalue weighted by atomic mass is 9.87. The van der Waals surface area contributed by atoms with Crippen LogP contribution in [0.25, 0.3) is 0 Å². The topological polar surface area (TPSA) is 15.3 Å². The van der Waals surface area contributed by atoms with Crippen LogP contribution in [0.1, 0.15) is 58.3 Å². The highest BCUT2D eigenvalue weighted by molar-refractivity contribution is 4.76. The second-order valence-electron chi connectivity index (χ2n) is 6.01. The fraction of sp³-hybridized carbons (Fsp3) is 1.00. The van der Waals surface area contributed by atoms with Gasteiger partial charge >= 0.3 is 0 Å². The van der Waals surface area contributed by atoms with Crippen LogP contribution in [-0.2, 0) is 0 Å². The van der Waals surface area contributed by atoms with Crippen molar-refractivity contribution >= 4 is 0 Å². The third kappa shape index (κ3) is 4.59. The molecule has 2 rings (SSSR count). The molecule has 1 unspecified atom stereocenters. The Labute approximate surface area is 107 Å². The minimum Gasteiger partial charge on any atom is -0.313 e. The van der Waals surface area contributed by atoms with Gasteiger partial charge in [-0.2, -0.15) is 0 Å². The molecule has 17 heavy (non-hydrogen) atoms. The van der Waals surface area contributed by atoms with E-state index >= 15 is 0 Å². The van der Waals surface area contributed by atoms with Gasteiger partial charge in [0.15, 0.2) is 0 Å². The van der Waals surface area contributed by atoms with Crippen LogP contribution in [0.3, 0.4) is 0 Å². The van der Waals surface area contributed by atoms with Crippen molar-refractivity contribution in [1.29, 1.82) is 0 Å². The van der Waals surface area contributed by atoms with Gasteiger partial charge in [0.2, 0.25) is 0 Å². The van der Waals surface area contributed by atoms with Crippen LogP contribution >= 0.6 is 0 Å². The highest BCUT2D eigenvalue weighted by atomic mass is 15.2. The lowest BCUT2D eigenvalue weighted by Gasteiger charge is -2.27. The third-order valence-corrected chi connectivity index (χ3v) is 4.63. The van der Waals surface area contributed by atoms with Gasteiger partial charge in [-0.3, -0.25) is 0 Å². The van der Waals surface area contributed by atoms with Gasteiger partial charge in [-0.25, -0.2) is 0 Å². The predicted molar refractivity (Wildman–Crippen MR) is 74.3 cm³/mol. The van der Waals surface area contributed by atoms with Crippen molar-refractivity contribution in [3.05, 3.63) is 0 Å². The fourth-order valence-corrected chi connectivity index (χ4v) is 3.39. The van der Waals surface area contributed by atoms with Crippen molar-refractivity contribution in [2.45, 2.75) is 64.3 Å². The largest absolute Gasteiger partial charge is 0.313 e. The quantitative estimate of drug-likeness (QED) is 0.810. The summed E-state index contributed by atoms with van der Waals surface area (Å²) in [7, 11) is 0. The summed E-state index contributed by atoms with van der Waals surface area (Å²) in [6.07, 6.45) is 11.5. The Morgan fingerprint density at radius 2 is 1.94 bits per heavy atom. The minimum atomic E-state index is 0.740. The predicted octanol–water partition coefficient (Wildman–Crippen LogP) is 3.03. The van der Waals surface area contributed by atoms with Gasteiger partial charge in [0.25, 0.3) is 0 Å². The van der Waals surface area contributed by atoms with Gasteiger partial charge in [-0.15, -0.1) is 0 Å². The van der Waals surface area contributed by atoms with Crippen LogP contribution in [0.2, 0.25) is 0 Å². The first-order valence-electron chi connectivity index (χ1n) is 7.84. The van der Waals surface area contributed by atoms with Crippen molar-refractivity contribution in [3.8, 4) is 0 Å². The van der Waals surface area contributed by atoms with E-state index < -0.39 is 0 Å². The SMILES string of the molecule is CCC1CN(CCC2CCCCC2)CCCN1. The normalized spacial score (nSPS) is 29.1. The smallest absolute Gasteiger partial charge is 0.0192 e. The summed E-state index contributed by atoms with van der Waals surface area (Å²) >= 11 is 0. The molecule has 0 radical (unpaired) electrons. The Hall–Kier alpha value is -0.0800. The van der Waals surface area contributed by atoms with Crippen molar-refractivity contribution in [3.63, 3.8) is 0 Å². The summed E-state index contributed by atoms with van der Waals surface area (Å²) in [6, 6.07) is 0.740. The summed E-state index contributed by atoms with van der Waals surface area (Å²) in [6.45, 7) is 7.48. The maximum Gasteiger partial charge on any atom is 0.0192 e. The molecule has 100 valence electrons. The van der Waals surface area contributed by atoms with Crippen LogP contribution < -0.4 is 5.32 Å². The van der Waals surface area contributed by atoms with Crippen molar-refractivity contribution in [2.24, 2.45) is 5.92 Å². The molecule has 1 aliphatic carbocycles. The number of nitrogens with one attached hydrogen (secondary N) is 1. The Balaban J connectivity index is 1.69. The molecule has 1 saturated carbocycles. The number of nitrogens with zero attached hydrogens (tertiary/aromatic N) is 1. The molecule has 2 aliphatic rings. The molecule has 0 bridgehead atoms. The Kier molecular flexibility index (Phi) is 5.79. The van der Waals surface area contributed by atoms with E-state index in [1.807, 2.05) is 0 Å². The monoisotopic (exact) mass is 238 g/mol. The van der Waals surface area contributed by atoms with E-state index in [1.54, 1.807) is 0 Å². The van der Waals surface area contributed by atoms with Crippen LogP contribution in [0.4, 0.5) is 0 Å². The molecule has 1 N–H and O–H groups in total. The molecule has 1 saturated heterocycles. The van der Waals surface area contributed by atoms with E-state index in [1.165, 1.54) is 77.5 Å². The van der Waals surface area contributed by atoms with Crippen molar-refractivity contribution < 1.29 is 0 Å². The first kappa shape index (κ1) is 13.4. The number of rotatable bonds is 4. The zero-order valence-electron chi connectivity index (χ0n) is 11.6. The summed E-state index contributed by atoms with van der Waals surface area (Å²) in [5.74, 6) is 1.04. The molecule has 2 fully saturated rings. The molecule has 0 aromatic rings. The molecule has 0 aromatic heterocycles. The summed E-state index contributed by atoms with van der Waals surface area (Å²) < 4.78 is 0. The molecule has 2 heteroatoms. The van der Waals surface area contributed by atoms with Crippen LogP contribution in [-0.4, -0.2) is 37.1 Å². The van der Waals surface area contributed by atoms with Gasteiger partial charge in [-0.05, 0) is 44.8 Å². The minimum absolute atomic E-state index is 0.740. The van der Waals surface area contributed by atoms with Gasteiger partial charge in [0, 0.05) is 12.6 Å². The van der Waals surface area contributed by atoms with E-state index in [9.17, 15) is 0 Å². The summed E-state index contributed by atoms with van der Waals surface area (Å²) in [5.41, 5.74) is 0. The van der Waals surface area contributed by atoms with Gasteiger partial charge < -0.3 is 10.2 Å². The molecule has 1 atom stereocenters. The molecule has 0 amide bonds. The molecule has 1 heterocycles. The third-order valence-electron chi connectivity index (χ3n) is 4.63. The second kappa shape index (κ2) is 7.38. The first-order chi connectivity index (χ1) is 8.38.